The van der Waals surface area contributed by atoms with E-state index in [1.54, 1.807) is 25.2 Å². The van der Waals surface area contributed by atoms with Gasteiger partial charge in [0.25, 0.3) is 0 Å². The Morgan fingerprint density at radius 1 is 1.64 bits per heavy atom. The minimum absolute atomic E-state index is 0.0485. The van der Waals surface area contributed by atoms with Gasteiger partial charge in [-0.15, -0.1) is 0 Å². The molecule has 1 nitrogen and oxygen atoms in total. The van der Waals surface area contributed by atoms with Gasteiger partial charge in [0, 0.05) is 5.03 Å². The summed E-state index contributed by atoms with van der Waals surface area (Å²) in [5, 5.41) is 0.590. The molecule has 0 bridgehead atoms. The predicted octanol–water partition coefficient (Wildman–Crippen LogP) is 2.44. The van der Waals surface area contributed by atoms with Crippen molar-refractivity contribution >= 4 is 17.4 Å². The number of carbonyl (C=O) groups is 1. The lowest BCUT2D eigenvalue weighted by Crippen LogP contribution is -2.12. The van der Waals surface area contributed by atoms with Gasteiger partial charge >= 0.3 is 0 Å². The molecule has 1 aliphatic carbocycles. The van der Waals surface area contributed by atoms with Crippen LogP contribution >= 0.6 is 11.6 Å². The van der Waals surface area contributed by atoms with Crippen molar-refractivity contribution in [2.45, 2.75) is 6.92 Å². The molecule has 0 heterocycles. The molecule has 11 heavy (non-hydrogen) atoms. The molecular formula is C9H9ClO. The second-order valence-electron chi connectivity index (χ2n) is 2.50. The summed E-state index contributed by atoms with van der Waals surface area (Å²) in [4.78, 5) is 11.1. The van der Waals surface area contributed by atoms with Crippen molar-refractivity contribution in [3.63, 3.8) is 0 Å². The molecule has 1 atom stereocenters. The summed E-state index contributed by atoms with van der Waals surface area (Å²) < 4.78 is 0. The lowest BCUT2D eigenvalue weighted by atomic mass is 9.97. The molecule has 0 aliphatic heterocycles. The number of hydrogen-bond acceptors (Lipinski definition) is 1. The van der Waals surface area contributed by atoms with Crippen molar-refractivity contribution in [3.8, 4) is 0 Å². The first-order valence-electron chi connectivity index (χ1n) is 3.40. The lowest BCUT2D eigenvalue weighted by Gasteiger charge is -2.11. The SMILES string of the molecule is C=CC1=CC(=O)C(C)C(Cl)=C1. The molecule has 0 fully saturated rings. The van der Waals surface area contributed by atoms with Crippen LogP contribution in [0, 0.1) is 5.92 Å². The fraction of sp³-hybridized carbons (Fsp3) is 0.222. The molecule has 0 aromatic rings. The van der Waals surface area contributed by atoms with E-state index in [2.05, 4.69) is 6.58 Å². The van der Waals surface area contributed by atoms with Gasteiger partial charge in [-0.3, -0.25) is 4.79 Å². The van der Waals surface area contributed by atoms with E-state index in [9.17, 15) is 4.79 Å². The molecule has 0 amide bonds. The van der Waals surface area contributed by atoms with Gasteiger partial charge in [-0.05, 0) is 17.7 Å². The molecule has 0 saturated carbocycles. The predicted molar refractivity (Wildman–Crippen MR) is 46.4 cm³/mol. The summed E-state index contributed by atoms with van der Waals surface area (Å²) in [6, 6.07) is 0. The summed E-state index contributed by atoms with van der Waals surface area (Å²) in [5.41, 5.74) is 0.790. The fourth-order valence-corrected chi connectivity index (χ4v) is 1.10. The largest absolute Gasteiger partial charge is 0.294 e. The highest BCUT2D eigenvalue weighted by molar-refractivity contribution is 6.32. The molecule has 1 rings (SSSR count). The van der Waals surface area contributed by atoms with Crippen LogP contribution in [0.15, 0.2) is 35.4 Å². The van der Waals surface area contributed by atoms with Crippen LogP contribution < -0.4 is 0 Å². The van der Waals surface area contributed by atoms with Crippen molar-refractivity contribution in [2.75, 3.05) is 0 Å². The van der Waals surface area contributed by atoms with Gasteiger partial charge in [0.2, 0.25) is 0 Å². The van der Waals surface area contributed by atoms with Crippen LogP contribution in [0.1, 0.15) is 6.92 Å². The van der Waals surface area contributed by atoms with E-state index < -0.39 is 0 Å². The van der Waals surface area contributed by atoms with Crippen LogP contribution in [0.3, 0.4) is 0 Å². The quantitative estimate of drug-likeness (QED) is 0.588. The van der Waals surface area contributed by atoms with Crippen molar-refractivity contribution in [2.24, 2.45) is 5.92 Å². The third kappa shape index (κ3) is 1.60. The number of halogens is 1. The van der Waals surface area contributed by atoms with E-state index in [0.717, 1.165) is 5.57 Å². The number of ketones is 1. The Bertz CT molecular complexity index is 261. The Kier molecular flexibility index (Phi) is 2.30. The van der Waals surface area contributed by atoms with Crippen molar-refractivity contribution in [3.05, 3.63) is 35.4 Å². The maximum atomic E-state index is 11.1. The van der Waals surface area contributed by atoms with Gasteiger partial charge in [-0.25, -0.2) is 0 Å². The van der Waals surface area contributed by atoms with Crippen molar-refractivity contribution < 1.29 is 4.79 Å². The van der Waals surface area contributed by atoms with E-state index in [-0.39, 0.29) is 11.7 Å². The second kappa shape index (κ2) is 3.05. The van der Waals surface area contributed by atoms with E-state index in [4.69, 9.17) is 11.6 Å². The molecule has 0 aromatic carbocycles. The van der Waals surface area contributed by atoms with Crippen LogP contribution in [0.4, 0.5) is 0 Å². The highest BCUT2D eigenvalue weighted by atomic mass is 35.5. The summed E-state index contributed by atoms with van der Waals surface area (Å²) >= 11 is 5.79. The maximum Gasteiger partial charge on any atom is 0.164 e. The van der Waals surface area contributed by atoms with E-state index >= 15 is 0 Å². The molecule has 0 saturated heterocycles. The Hall–Kier alpha value is -0.820. The van der Waals surface area contributed by atoms with Crippen molar-refractivity contribution in [1.29, 1.82) is 0 Å². The summed E-state index contributed by atoms with van der Waals surface area (Å²) in [5.74, 6) is -0.132. The Balaban J connectivity index is 3.00. The number of allylic oxidation sites excluding steroid dienone is 5. The average molecular weight is 169 g/mol. The number of carbonyl (C=O) groups excluding carboxylic acids is 1. The molecule has 2 heteroatoms. The van der Waals surface area contributed by atoms with E-state index in [1.165, 1.54) is 0 Å². The van der Waals surface area contributed by atoms with Gasteiger partial charge in [-0.2, -0.15) is 0 Å². The summed E-state index contributed by atoms with van der Waals surface area (Å²) in [7, 11) is 0. The highest BCUT2D eigenvalue weighted by Gasteiger charge is 2.18. The maximum absolute atomic E-state index is 11.1. The monoisotopic (exact) mass is 168 g/mol. The van der Waals surface area contributed by atoms with Crippen LogP contribution in [-0.4, -0.2) is 5.78 Å². The second-order valence-corrected chi connectivity index (χ2v) is 2.94. The zero-order valence-electron chi connectivity index (χ0n) is 6.30. The molecule has 1 unspecified atom stereocenters. The standard InChI is InChI=1S/C9H9ClO/c1-3-7-4-8(10)6(2)9(11)5-7/h3-6H,1H2,2H3. The van der Waals surface area contributed by atoms with Gasteiger partial charge in [0.05, 0.1) is 5.92 Å². The first-order valence-corrected chi connectivity index (χ1v) is 3.78. The van der Waals surface area contributed by atoms with E-state index in [1.807, 2.05) is 0 Å². The normalized spacial score (nSPS) is 24.2. The van der Waals surface area contributed by atoms with Crippen LogP contribution in [0.2, 0.25) is 0 Å². The third-order valence-electron chi connectivity index (χ3n) is 1.69. The molecule has 0 aromatic heterocycles. The minimum Gasteiger partial charge on any atom is -0.294 e. The molecule has 0 radical (unpaired) electrons. The molecule has 0 N–H and O–H groups in total. The molecule has 1 aliphatic rings. The Labute approximate surface area is 71.0 Å². The highest BCUT2D eigenvalue weighted by Crippen LogP contribution is 2.23. The van der Waals surface area contributed by atoms with Gasteiger partial charge in [0.1, 0.15) is 0 Å². The first kappa shape index (κ1) is 8.28. The van der Waals surface area contributed by atoms with Gasteiger partial charge in [0.15, 0.2) is 5.78 Å². The third-order valence-corrected chi connectivity index (χ3v) is 2.13. The average Bonchev–Trinajstić information content (AvgIpc) is 1.99. The summed E-state index contributed by atoms with van der Waals surface area (Å²) in [6.07, 6.45) is 4.94. The first-order chi connectivity index (χ1) is 5.15. The summed E-state index contributed by atoms with van der Waals surface area (Å²) in [6.45, 7) is 5.34. The Morgan fingerprint density at radius 3 is 2.73 bits per heavy atom. The minimum atomic E-state index is -0.180. The lowest BCUT2D eigenvalue weighted by molar-refractivity contribution is -0.116. The fourth-order valence-electron chi connectivity index (χ4n) is 0.869. The van der Waals surface area contributed by atoms with Crippen molar-refractivity contribution in [1.82, 2.24) is 0 Å². The van der Waals surface area contributed by atoms with Gasteiger partial charge < -0.3 is 0 Å². The molecule has 58 valence electrons. The number of rotatable bonds is 1. The zero-order chi connectivity index (χ0) is 8.43. The van der Waals surface area contributed by atoms with Gasteiger partial charge in [-0.1, -0.05) is 31.2 Å². The Morgan fingerprint density at radius 2 is 2.27 bits per heavy atom. The van der Waals surface area contributed by atoms with E-state index in [0.29, 0.717) is 5.03 Å². The van der Waals surface area contributed by atoms with Crippen LogP contribution in [0.5, 0.6) is 0 Å². The molecular weight excluding hydrogens is 160 g/mol. The topological polar surface area (TPSA) is 17.1 Å². The van der Waals surface area contributed by atoms with Crippen LogP contribution in [0.25, 0.3) is 0 Å². The smallest absolute Gasteiger partial charge is 0.164 e. The van der Waals surface area contributed by atoms with Crippen LogP contribution in [-0.2, 0) is 4.79 Å². The zero-order valence-corrected chi connectivity index (χ0v) is 7.06. The number of hydrogen-bond donors (Lipinski definition) is 0. The molecule has 0 spiro atoms.